The first-order chi connectivity index (χ1) is 10.3. The zero-order valence-corrected chi connectivity index (χ0v) is 13.4. The Morgan fingerprint density at radius 2 is 1.77 bits per heavy atom. The summed E-state index contributed by atoms with van der Waals surface area (Å²) >= 11 is 0. The van der Waals surface area contributed by atoms with Crippen molar-refractivity contribution in [3.05, 3.63) is 29.5 Å². The van der Waals surface area contributed by atoms with E-state index in [1.807, 2.05) is 12.1 Å². The number of nitrogens with zero attached hydrogens (tertiary/aromatic N) is 1. The molecule has 0 saturated heterocycles. The van der Waals surface area contributed by atoms with Crippen molar-refractivity contribution in [1.29, 1.82) is 0 Å². The van der Waals surface area contributed by atoms with Gasteiger partial charge in [-0.05, 0) is 23.6 Å². The minimum atomic E-state index is -1.06. The molecular weight excluding hydrogens is 284 g/mol. The van der Waals surface area contributed by atoms with Crippen LogP contribution in [0.1, 0.15) is 36.8 Å². The van der Waals surface area contributed by atoms with Crippen molar-refractivity contribution in [3.63, 3.8) is 0 Å². The SMILES string of the molecule is COc1cc(C(C)(C)C)c(OC)cc1-c1cc(C(=O)O)[nH]n1. The lowest BCUT2D eigenvalue weighted by atomic mass is 9.85. The number of aromatic carboxylic acids is 1. The van der Waals surface area contributed by atoms with Gasteiger partial charge < -0.3 is 14.6 Å². The number of methoxy groups -OCH3 is 2. The van der Waals surface area contributed by atoms with E-state index >= 15 is 0 Å². The molecule has 118 valence electrons. The number of aromatic amines is 1. The van der Waals surface area contributed by atoms with Crippen LogP contribution in [0.4, 0.5) is 0 Å². The molecule has 0 aliphatic heterocycles. The second-order valence-electron chi connectivity index (χ2n) is 5.97. The quantitative estimate of drug-likeness (QED) is 0.906. The molecule has 0 radical (unpaired) electrons. The summed E-state index contributed by atoms with van der Waals surface area (Å²) in [4.78, 5) is 11.0. The maximum atomic E-state index is 11.0. The maximum absolute atomic E-state index is 11.0. The Kier molecular flexibility index (Phi) is 4.12. The molecule has 22 heavy (non-hydrogen) atoms. The Hall–Kier alpha value is -2.50. The zero-order chi connectivity index (χ0) is 16.5. The van der Waals surface area contributed by atoms with E-state index in [4.69, 9.17) is 14.6 Å². The normalized spacial score (nSPS) is 11.3. The van der Waals surface area contributed by atoms with E-state index in [9.17, 15) is 4.79 Å². The molecule has 2 N–H and O–H groups in total. The van der Waals surface area contributed by atoms with Crippen molar-refractivity contribution in [3.8, 4) is 22.8 Å². The summed E-state index contributed by atoms with van der Waals surface area (Å²) < 4.78 is 10.9. The highest BCUT2D eigenvalue weighted by Crippen LogP contribution is 2.40. The Labute approximate surface area is 129 Å². The Bertz CT molecular complexity index is 699. The van der Waals surface area contributed by atoms with Crippen LogP contribution in [0, 0.1) is 0 Å². The molecule has 0 aliphatic carbocycles. The first-order valence-corrected chi connectivity index (χ1v) is 6.83. The van der Waals surface area contributed by atoms with Crippen molar-refractivity contribution in [2.24, 2.45) is 0 Å². The molecular formula is C16H20N2O4. The number of ether oxygens (including phenoxy) is 2. The van der Waals surface area contributed by atoms with Crippen molar-refractivity contribution in [2.75, 3.05) is 14.2 Å². The van der Waals surface area contributed by atoms with E-state index in [1.165, 1.54) is 6.07 Å². The fraction of sp³-hybridized carbons (Fsp3) is 0.375. The molecule has 0 amide bonds. The molecule has 2 rings (SSSR count). The van der Waals surface area contributed by atoms with Gasteiger partial charge in [-0.15, -0.1) is 0 Å². The first kappa shape index (κ1) is 15.9. The summed E-state index contributed by atoms with van der Waals surface area (Å²) in [5, 5.41) is 15.5. The number of carboxylic acids is 1. The minimum absolute atomic E-state index is 0.0240. The lowest BCUT2D eigenvalue weighted by molar-refractivity contribution is 0.0690. The third-order valence-corrected chi connectivity index (χ3v) is 3.41. The Morgan fingerprint density at radius 1 is 1.14 bits per heavy atom. The Morgan fingerprint density at radius 3 is 2.23 bits per heavy atom. The number of nitrogens with one attached hydrogen (secondary N) is 1. The summed E-state index contributed by atoms with van der Waals surface area (Å²) in [6.45, 7) is 6.25. The third-order valence-electron chi connectivity index (χ3n) is 3.41. The molecule has 0 saturated carbocycles. The van der Waals surface area contributed by atoms with E-state index in [2.05, 4.69) is 31.0 Å². The molecule has 0 bridgehead atoms. The van der Waals surface area contributed by atoms with Crippen LogP contribution in [0.5, 0.6) is 11.5 Å². The van der Waals surface area contributed by atoms with Gasteiger partial charge in [-0.25, -0.2) is 4.79 Å². The van der Waals surface area contributed by atoms with Gasteiger partial charge in [-0.2, -0.15) is 5.10 Å². The molecule has 0 atom stereocenters. The minimum Gasteiger partial charge on any atom is -0.496 e. The second-order valence-corrected chi connectivity index (χ2v) is 5.97. The molecule has 6 heteroatoms. The van der Waals surface area contributed by atoms with Crippen LogP contribution in [0.15, 0.2) is 18.2 Å². The van der Waals surface area contributed by atoms with E-state index in [0.717, 1.165) is 5.56 Å². The standard InChI is InChI=1S/C16H20N2O4/c1-16(2,3)10-7-13(21-4)9(6-14(10)22-5)11-8-12(15(19)20)18-17-11/h6-8H,1-5H3,(H,17,18)(H,19,20). The molecule has 0 spiro atoms. The number of hydrogen-bond acceptors (Lipinski definition) is 4. The fourth-order valence-electron chi connectivity index (χ4n) is 2.25. The summed E-state index contributed by atoms with van der Waals surface area (Å²) in [5.41, 5.74) is 2.08. The van der Waals surface area contributed by atoms with Gasteiger partial charge in [-0.3, -0.25) is 5.10 Å². The van der Waals surface area contributed by atoms with Gasteiger partial charge >= 0.3 is 5.97 Å². The molecule has 0 aliphatic rings. The second kappa shape index (κ2) is 5.71. The number of H-pyrrole nitrogens is 1. The fourth-order valence-corrected chi connectivity index (χ4v) is 2.25. The van der Waals surface area contributed by atoms with Crippen LogP contribution in [-0.2, 0) is 5.41 Å². The topological polar surface area (TPSA) is 84.4 Å². The summed E-state index contributed by atoms with van der Waals surface area (Å²) in [7, 11) is 3.18. The number of hydrogen-bond donors (Lipinski definition) is 2. The van der Waals surface area contributed by atoms with Gasteiger partial charge in [0, 0.05) is 11.1 Å². The average molecular weight is 304 g/mol. The Balaban J connectivity index is 2.62. The number of rotatable bonds is 4. The maximum Gasteiger partial charge on any atom is 0.353 e. The van der Waals surface area contributed by atoms with E-state index in [0.29, 0.717) is 22.8 Å². The molecule has 0 unspecified atom stereocenters. The number of carboxylic acid groups (broad SMARTS) is 1. The summed E-state index contributed by atoms with van der Waals surface area (Å²) in [6.07, 6.45) is 0. The van der Waals surface area contributed by atoms with E-state index in [1.54, 1.807) is 14.2 Å². The number of aromatic nitrogens is 2. The van der Waals surface area contributed by atoms with Crippen molar-refractivity contribution in [2.45, 2.75) is 26.2 Å². The molecule has 1 heterocycles. The van der Waals surface area contributed by atoms with Gasteiger partial charge in [-0.1, -0.05) is 20.8 Å². The monoisotopic (exact) mass is 304 g/mol. The van der Waals surface area contributed by atoms with Crippen LogP contribution >= 0.6 is 0 Å². The van der Waals surface area contributed by atoms with Crippen LogP contribution in [0.3, 0.4) is 0 Å². The molecule has 6 nitrogen and oxygen atoms in total. The average Bonchev–Trinajstić information content (AvgIpc) is 2.94. The van der Waals surface area contributed by atoms with Crippen LogP contribution in [-0.4, -0.2) is 35.5 Å². The van der Waals surface area contributed by atoms with Crippen LogP contribution in [0.25, 0.3) is 11.3 Å². The van der Waals surface area contributed by atoms with Crippen molar-refractivity contribution >= 4 is 5.97 Å². The lowest BCUT2D eigenvalue weighted by Gasteiger charge is -2.23. The highest BCUT2D eigenvalue weighted by atomic mass is 16.5. The molecule has 1 aromatic heterocycles. The smallest absolute Gasteiger partial charge is 0.353 e. The van der Waals surface area contributed by atoms with Gasteiger partial charge in [0.15, 0.2) is 0 Å². The number of benzene rings is 1. The van der Waals surface area contributed by atoms with Gasteiger partial charge in [0.25, 0.3) is 0 Å². The molecule has 2 aromatic rings. The highest BCUT2D eigenvalue weighted by molar-refractivity contribution is 5.87. The lowest BCUT2D eigenvalue weighted by Crippen LogP contribution is -2.13. The van der Waals surface area contributed by atoms with Crippen LogP contribution in [0.2, 0.25) is 0 Å². The summed E-state index contributed by atoms with van der Waals surface area (Å²) in [5.74, 6) is 0.272. The first-order valence-electron chi connectivity index (χ1n) is 6.83. The molecule has 1 aromatic carbocycles. The van der Waals surface area contributed by atoms with E-state index < -0.39 is 5.97 Å². The van der Waals surface area contributed by atoms with E-state index in [-0.39, 0.29) is 11.1 Å². The highest BCUT2D eigenvalue weighted by Gasteiger charge is 2.23. The molecule has 0 fully saturated rings. The van der Waals surface area contributed by atoms with Crippen LogP contribution < -0.4 is 9.47 Å². The summed E-state index contributed by atoms with van der Waals surface area (Å²) in [6, 6.07) is 5.20. The van der Waals surface area contributed by atoms with Crippen molar-refractivity contribution in [1.82, 2.24) is 10.2 Å². The van der Waals surface area contributed by atoms with Gasteiger partial charge in [0.05, 0.1) is 19.9 Å². The number of carbonyl (C=O) groups is 1. The third kappa shape index (κ3) is 2.90. The zero-order valence-electron chi connectivity index (χ0n) is 13.4. The van der Waals surface area contributed by atoms with Gasteiger partial charge in [0.2, 0.25) is 0 Å². The predicted octanol–water partition coefficient (Wildman–Crippen LogP) is 3.09. The largest absolute Gasteiger partial charge is 0.496 e. The predicted molar refractivity (Wildman–Crippen MR) is 82.8 cm³/mol. The van der Waals surface area contributed by atoms with Gasteiger partial charge in [0.1, 0.15) is 17.2 Å². The van der Waals surface area contributed by atoms with Crippen molar-refractivity contribution < 1.29 is 19.4 Å².